The number of amides is 1. The maximum Gasteiger partial charge on any atom is 0.251 e. The van der Waals surface area contributed by atoms with E-state index in [0.29, 0.717) is 11.6 Å². The van der Waals surface area contributed by atoms with Crippen molar-refractivity contribution in [3.05, 3.63) is 29.8 Å². The Morgan fingerprint density at radius 1 is 1.32 bits per heavy atom. The lowest BCUT2D eigenvalue weighted by Crippen LogP contribution is -2.40. The average Bonchev–Trinajstić information content (AvgIpc) is 2.37. The van der Waals surface area contributed by atoms with Crippen LogP contribution < -0.4 is 10.6 Å². The van der Waals surface area contributed by atoms with Gasteiger partial charge in [0, 0.05) is 30.9 Å². The zero-order valence-corrected chi connectivity index (χ0v) is 11.8. The maximum atomic E-state index is 11.5. The van der Waals surface area contributed by atoms with E-state index in [1.54, 1.807) is 7.05 Å². The first kappa shape index (κ1) is 13.9. The number of benzene rings is 1. The van der Waals surface area contributed by atoms with Crippen LogP contribution in [0.1, 0.15) is 37.0 Å². The molecule has 1 aliphatic rings. The minimum Gasteiger partial charge on any atom is -0.382 e. The van der Waals surface area contributed by atoms with Crippen LogP contribution in [0.15, 0.2) is 24.3 Å². The van der Waals surface area contributed by atoms with Crippen molar-refractivity contribution in [1.82, 2.24) is 5.32 Å². The lowest BCUT2D eigenvalue weighted by Gasteiger charge is -2.36. The van der Waals surface area contributed by atoms with Gasteiger partial charge in [-0.2, -0.15) is 0 Å². The monoisotopic (exact) mass is 262 g/mol. The van der Waals surface area contributed by atoms with Crippen LogP contribution in [0.4, 0.5) is 5.69 Å². The molecular weight excluding hydrogens is 240 g/mol. The third-order valence-electron chi connectivity index (χ3n) is 3.44. The van der Waals surface area contributed by atoms with Gasteiger partial charge in [-0.3, -0.25) is 4.79 Å². The average molecular weight is 262 g/mol. The van der Waals surface area contributed by atoms with Gasteiger partial charge in [-0.15, -0.1) is 0 Å². The van der Waals surface area contributed by atoms with Gasteiger partial charge in [0.2, 0.25) is 0 Å². The second-order valence-electron chi connectivity index (χ2n) is 5.60. The topological polar surface area (TPSA) is 50.4 Å². The summed E-state index contributed by atoms with van der Waals surface area (Å²) < 4.78 is 5.71. The molecule has 1 unspecified atom stereocenters. The molecule has 0 aromatic heterocycles. The molecule has 1 heterocycles. The molecule has 19 heavy (non-hydrogen) atoms. The van der Waals surface area contributed by atoms with Crippen molar-refractivity contribution in [2.45, 2.75) is 38.3 Å². The Balaban J connectivity index is 1.98. The fourth-order valence-electron chi connectivity index (χ4n) is 2.45. The van der Waals surface area contributed by atoms with Crippen LogP contribution in [0, 0.1) is 0 Å². The molecule has 2 N–H and O–H groups in total. The van der Waals surface area contributed by atoms with Crippen LogP contribution in [0.5, 0.6) is 0 Å². The van der Waals surface area contributed by atoms with Crippen molar-refractivity contribution in [2.24, 2.45) is 0 Å². The van der Waals surface area contributed by atoms with Gasteiger partial charge in [-0.05, 0) is 51.0 Å². The predicted octanol–water partition coefficient (Wildman–Crippen LogP) is 2.42. The highest BCUT2D eigenvalue weighted by molar-refractivity contribution is 5.94. The highest BCUT2D eigenvalue weighted by Crippen LogP contribution is 2.26. The summed E-state index contributed by atoms with van der Waals surface area (Å²) >= 11 is 0. The zero-order valence-electron chi connectivity index (χ0n) is 11.8. The molecule has 1 aromatic rings. The number of hydrogen-bond acceptors (Lipinski definition) is 3. The number of rotatable bonds is 3. The summed E-state index contributed by atoms with van der Waals surface area (Å²) in [6, 6.07) is 8.01. The summed E-state index contributed by atoms with van der Waals surface area (Å²) in [5.41, 5.74) is 1.67. The van der Waals surface area contributed by atoms with E-state index < -0.39 is 0 Å². The van der Waals surface area contributed by atoms with Crippen LogP contribution in [-0.4, -0.2) is 31.2 Å². The van der Waals surface area contributed by atoms with E-state index in [1.807, 2.05) is 24.3 Å². The Labute approximate surface area is 114 Å². The fraction of sp³-hybridized carbons (Fsp3) is 0.533. The first-order valence-corrected chi connectivity index (χ1v) is 6.73. The molecule has 104 valence electrons. The number of nitrogens with one attached hydrogen (secondary N) is 2. The Bertz CT molecular complexity index is 440. The smallest absolute Gasteiger partial charge is 0.251 e. The van der Waals surface area contributed by atoms with Gasteiger partial charge in [0.1, 0.15) is 0 Å². The molecule has 0 saturated carbocycles. The maximum absolute atomic E-state index is 11.5. The van der Waals surface area contributed by atoms with Gasteiger partial charge < -0.3 is 15.4 Å². The van der Waals surface area contributed by atoms with Gasteiger partial charge in [-0.25, -0.2) is 0 Å². The highest BCUT2D eigenvalue weighted by atomic mass is 16.5. The molecule has 1 aliphatic heterocycles. The summed E-state index contributed by atoms with van der Waals surface area (Å²) in [6.07, 6.45) is 2.00. The van der Waals surface area contributed by atoms with E-state index in [0.717, 1.165) is 25.1 Å². The van der Waals surface area contributed by atoms with Crippen LogP contribution in [0.25, 0.3) is 0 Å². The first-order chi connectivity index (χ1) is 9.00. The molecule has 2 rings (SSSR count). The van der Waals surface area contributed by atoms with Crippen molar-refractivity contribution in [2.75, 3.05) is 19.0 Å². The summed E-state index contributed by atoms with van der Waals surface area (Å²) in [5.74, 6) is -0.0567. The largest absolute Gasteiger partial charge is 0.382 e. The third kappa shape index (κ3) is 3.70. The fourth-order valence-corrected chi connectivity index (χ4v) is 2.45. The molecule has 0 radical (unpaired) electrons. The molecule has 4 nitrogen and oxygen atoms in total. The van der Waals surface area contributed by atoms with Crippen molar-refractivity contribution < 1.29 is 9.53 Å². The number of hydrogen-bond donors (Lipinski definition) is 2. The van der Waals surface area contributed by atoms with Gasteiger partial charge >= 0.3 is 0 Å². The SMILES string of the molecule is CNC(=O)c1ccc(NC2CCOC(C)(C)C2)cc1. The van der Waals surface area contributed by atoms with Crippen molar-refractivity contribution in [3.63, 3.8) is 0 Å². The summed E-state index contributed by atoms with van der Waals surface area (Å²) in [4.78, 5) is 11.5. The number of ether oxygens (including phenoxy) is 1. The van der Waals surface area contributed by atoms with E-state index in [9.17, 15) is 4.79 Å². The second-order valence-corrected chi connectivity index (χ2v) is 5.60. The Morgan fingerprint density at radius 3 is 2.58 bits per heavy atom. The molecule has 1 fully saturated rings. The summed E-state index contributed by atoms with van der Waals surface area (Å²) in [5, 5.41) is 6.13. The number of carbonyl (C=O) groups excluding carboxylic acids is 1. The molecule has 4 heteroatoms. The van der Waals surface area contributed by atoms with Crippen molar-refractivity contribution in [3.8, 4) is 0 Å². The summed E-state index contributed by atoms with van der Waals surface area (Å²) in [7, 11) is 1.64. The molecule has 1 atom stereocenters. The minimum atomic E-state index is -0.0576. The lowest BCUT2D eigenvalue weighted by atomic mass is 9.94. The van der Waals surface area contributed by atoms with Crippen LogP contribution >= 0.6 is 0 Å². The van der Waals surface area contributed by atoms with Gasteiger partial charge in [0.15, 0.2) is 0 Å². The van der Waals surface area contributed by atoms with E-state index in [2.05, 4.69) is 24.5 Å². The van der Waals surface area contributed by atoms with Gasteiger partial charge in [0.05, 0.1) is 5.60 Å². The van der Waals surface area contributed by atoms with E-state index in [-0.39, 0.29) is 11.5 Å². The highest BCUT2D eigenvalue weighted by Gasteiger charge is 2.28. The standard InChI is InChI=1S/C15H22N2O2/c1-15(2)10-13(8-9-19-15)17-12-6-4-11(5-7-12)14(18)16-3/h4-7,13,17H,8-10H2,1-3H3,(H,16,18). The van der Waals surface area contributed by atoms with Crippen molar-refractivity contribution in [1.29, 1.82) is 0 Å². The van der Waals surface area contributed by atoms with Crippen molar-refractivity contribution >= 4 is 11.6 Å². The minimum absolute atomic E-state index is 0.0567. The van der Waals surface area contributed by atoms with E-state index >= 15 is 0 Å². The number of carbonyl (C=O) groups is 1. The van der Waals surface area contributed by atoms with Crippen LogP contribution in [0.2, 0.25) is 0 Å². The number of anilines is 1. The lowest BCUT2D eigenvalue weighted by molar-refractivity contribution is -0.0553. The molecular formula is C15H22N2O2. The molecule has 0 spiro atoms. The van der Waals surface area contributed by atoms with Gasteiger partial charge in [-0.1, -0.05) is 0 Å². The molecule has 1 amide bonds. The Kier molecular flexibility index (Phi) is 4.10. The van der Waals surface area contributed by atoms with Gasteiger partial charge in [0.25, 0.3) is 5.91 Å². The van der Waals surface area contributed by atoms with E-state index in [1.165, 1.54) is 0 Å². The van der Waals surface area contributed by atoms with Crippen LogP contribution in [-0.2, 0) is 4.74 Å². The molecule has 1 saturated heterocycles. The Morgan fingerprint density at radius 2 is 2.00 bits per heavy atom. The first-order valence-electron chi connectivity index (χ1n) is 6.73. The molecule has 0 aliphatic carbocycles. The van der Waals surface area contributed by atoms with E-state index in [4.69, 9.17) is 4.74 Å². The predicted molar refractivity (Wildman–Crippen MR) is 76.5 cm³/mol. The second kappa shape index (κ2) is 5.61. The van der Waals surface area contributed by atoms with Crippen LogP contribution in [0.3, 0.4) is 0 Å². The zero-order chi connectivity index (χ0) is 13.9. The molecule has 1 aromatic carbocycles. The third-order valence-corrected chi connectivity index (χ3v) is 3.44. The quantitative estimate of drug-likeness (QED) is 0.879. The summed E-state index contributed by atoms with van der Waals surface area (Å²) in [6.45, 7) is 5.03. The Hall–Kier alpha value is -1.55. The molecule has 0 bridgehead atoms. The normalized spacial score (nSPS) is 21.7.